The zero-order valence-electron chi connectivity index (χ0n) is 11.5. The van der Waals surface area contributed by atoms with Crippen LogP contribution in [0.1, 0.15) is 26.0 Å². The fourth-order valence-electron chi connectivity index (χ4n) is 1.46. The third kappa shape index (κ3) is 5.60. The third-order valence-electron chi connectivity index (χ3n) is 2.33. The molecule has 0 amide bonds. The van der Waals surface area contributed by atoms with Gasteiger partial charge in [0, 0.05) is 32.4 Å². The Morgan fingerprint density at radius 1 is 1.20 bits per heavy atom. The lowest BCUT2D eigenvalue weighted by molar-refractivity contribution is -0.141. The van der Waals surface area contributed by atoms with Crippen LogP contribution in [0.15, 0.2) is 6.07 Å². The highest BCUT2D eigenvalue weighted by Gasteiger charge is 2.33. The largest absolute Gasteiger partial charge is 0.433 e. The second-order valence-electron chi connectivity index (χ2n) is 3.97. The van der Waals surface area contributed by atoms with E-state index in [-0.39, 0.29) is 11.8 Å². The van der Waals surface area contributed by atoms with Crippen LogP contribution in [0.25, 0.3) is 0 Å². The number of nitrogens with zero attached hydrogens (tertiary/aromatic N) is 2. The summed E-state index contributed by atoms with van der Waals surface area (Å²) in [5.74, 6) is 0.120. The van der Waals surface area contributed by atoms with Crippen LogP contribution in [-0.2, 0) is 10.9 Å². The standard InChI is InChI=1S/C12H19F3N4O/c1-3-16-11-18-9(12(13,14)15)8-10(19-11)17-6-5-7-20-4-2/h8H,3-7H2,1-2H3,(H2,16,17,18,19). The molecule has 5 nitrogen and oxygen atoms in total. The molecule has 0 aliphatic heterocycles. The maximum atomic E-state index is 12.7. The number of aromatic nitrogens is 2. The molecule has 0 spiro atoms. The summed E-state index contributed by atoms with van der Waals surface area (Å²) in [5, 5.41) is 5.53. The van der Waals surface area contributed by atoms with Crippen molar-refractivity contribution >= 4 is 11.8 Å². The van der Waals surface area contributed by atoms with E-state index in [4.69, 9.17) is 4.74 Å². The van der Waals surface area contributed by atoms with Crippen LogP contribution in [0.2, 0.25) is 0 Å². The van der Waals surface area contributed by atoms with Gasteiger partial charge < -0.3 is 15.4 Å². The van der Waals surface area contributed by atoms with E-state index >= 15 is 0 Å². The number of ether oxygens (including phenoxy) is 1. The van der Waals surface area contributed by atoms with E-state index in [2.05, 4.69) is 20.6 Å². The van der Waals surface area contributed by atoms with E-state index in [1.165, 1.54) is 0 Å². The average Bonchev–Trinajstić information content (AvgIpc) is 2.38. The molecule has 0 bridgehead atoms. The summed E-state index contributed by atoms with van der Waals surface area (Å²) < 4.78 is 43.3. The fraction of sp³-hybridized carbons (Fsp3) is 0.667. The lowest BCUT2D eigenvalue weighted by Gasteiger charge is -2.12. The zero-order chi connectivity index (χ0) is 15.0. The Kier molecular flexibility index (Phi) is 6.50. The van der Waals surface area contributed by atoms with Crippen LogP contribution in [-0.4, -0.2) is 36.3 Å². The Labute approximate surface area is 116 Å². The van der Waals surface area contributed by atoms with Gasteiger partial charge in [-0.1, -0.05) is 0 Å². The highest BCUT2D eigenvalue weighted by Crippen LogP contribution is 2.29. The van der Waals surface area contributed by atoms with Gasteiger partial charge in [0.2, 0.25) is 5.95 Å². The summed E-state index contributed by atoms with van der Waals surface area (Å²) in [6.07, 6.45) is -3.80. The first-order valence-corrected chi connectivity index (χ1v) is 6.49. The molecule has 1 aromatic heterocycles. The monoisotopic (exact) mass is 292 g/mol. The number of nitrogens with one attached hydrogen (secondary N) is 2. The topological polar surface area (TPSA) is 59.1 Å². The molecule has 1 aromatic rings. The van der Waals surface area contributed by atoms with Crippen molar-refractivity contribution < 1.29 is 17.9 Å². The molecule has 0 aliphatic carbocycles. The van der Waals surface area contributed by atoms with E-state index in [1.807, 2.05) is 6.92 Å². The quantitative estimate of drug-likeness (QED) is 0.722. The number of hydrogen-bond acceptors (Lipinski definition) is 5. The Hall–Kier alpha value is -1.57. The number of hydrogen-bond donors (Lipinski definition) is 2. The van der Waals surface area contributed by atoms with Gasteiger partial charge in [-0.3, -0.25) is 0 Å². The van der Waals surface area contributed by atoms with Crippen molar-refractivity contribution in [3.05, 3.63) is 11.8 Å². The van der Waals surface area contributed by atoms with Gasteiger partial charge in [-0.05, 0) is 20.3 Å². The van der Waals surface area contributed by atoms with E-state index in [0.717, 1.165) is 6.07 Å². The van der Waals surface area contributed by atoms with Crippen molar-refractivity contribution in [1.29, 1.82) is 0 Å². The summed E-state index contributed by atoms with van der Waals surface area (Å²) in [4.78, 5) is 7.42. The van der Waals surface area contributed by atoms with Crippen molar-refractivity contribution in [1.82, 2.24) is 9.97 Å². The fourth-order valence-corrected chi connectivity index (χ4v) is 1.46. The van der Waals surface area contributed by atoms with Crippen LogP contribution in [0.3, 0.4) is 0 Å². The first kappa shape index (κ1) is 16.5. The van der Waals surface area contributed by atoms with Crippen LogP contribution in [0.5, 0.6) is 0 Å². The number of rotatable bonds is 8. The Morgan fingerprint density at radius 3 is 2.55 bits per heavy atom. The van der Waals surface area contributed by atoms with Crippen LogP contribution < -0.4 is 10.6 Å². The van der Waals surface area contributed by atoms with Crippen LogP contribution in [0, 0.1) is 0 Å². The maximum Gasteiger partial charge on any atom is 0.433 e. The summed E-state index contributed by atoms with van der Waals surface area (Å²) in [5.41, 5.74) is -0.962. The van der Waals surface area contributed by atoms with E-state index in [1.54, 1.807) is 6.92 Å². The minimum absolute atomic E-state index is 0.0327. The molecule has 0 unspecified atom stereocenters. The highest BCUT2D eigenvalue weighted by molar-refractivity contribution is 5.43. The van der Waals surface area contributed by atoms with Gasteiger partial charge in [-0.2, -0.15) is 18.2 Å². The van der Waals surface area contributed by atoms with E-state index in [0.29, 0.717) is 32.7 Å². The average molecular weight is 292 g/mol. The first-order valence-electron chi connectivity index (χ1n) is 6.49. The minimum atomic E-state index is -4.49. The van der Waals surface area contributed by atoms with Gasteiger partial charge in [-0.15, -0.1) is 0 Å². The molecule has 2 N–H and O–H groups in total. The van der Waals surface area contributed by atoms with Crippen molar-refractivity contribution in [2.24, 2.45) is 0 Å². The van der Waals surface area contributed by atoms with Crippen molar-refractivity contribution in [2.45, 2.75) is 26.4 Å². The van der Waals surface area contributed by atoms with Gasteiger partial charge in [0.05, 0.1) is 0 Å². The minimum Gasteiger partial charge on any atom is -0.382 e. The molecule has 0 aliphatic rings. The number of halogens is 3. The van der Waals surface area contributed by atoms with Crippen molar-refractivity contribution in [3.8, 4) is 0 Å². The molecule has 20 heavy (non-hydrogen) atoms. The molecule has 0 atom stereocenters. The molecular formula is C12H19F3N4O. The molecule has 0 fully saturated rings. The van der Waals surface area contributed by atoms with Gasteiger partial charge in [0.1, 0.15) is 5.82 Å². The second kappa shape index (κ2) is 7.88. The molecule has 0 aromatic carbocycles. The summed E-state index contributed by atoms with van der Waals surface area (Å²) in [6.45, 7) is 5.76. The van der Waals surface area contributed by atoms with Crippen LogP contribution in [0.4, 0.5) is 24.9 Å². The molecule has 1 rings (SSSR count). The van der Waals surface area contributed by atoms with Gasteiger partial charge >= 0.3 is 6.18 Å². The Balaban J connectivity index is 2.71. The van der Waals surface area contributed by atoms with Gasteiger partial charge in [0.15, 0.2) is 5.69 Å². The predicted molar refractivity (Wildman–Crippen MR) is 70.8 cm³/mol. The predicted octanol–water partition coefficient (Wildman–Crippen LogP) is 2.77. The Bertz CT molecular complexity index is 412. The SMILES string of the molecule is CCNc1nc(NCCCOCC)cc(C(F)(F)F)n1. The Morgan fingerprint density at radius 2 is 1.95 bits per heavy atom. The third-order valence-corrected chi connectivity index (χ3v) is 2.33. The highest BCUT2D eigenvalue weighted by atomic mass is 19.4. The molecule has 114 valence electrons. The second-order valence-corrected chi connectivity index (χ2v) is 3.97. The number of anilines is 2. The summed E-state index contributed by atoms with van der Waals surface area (Å²) in [7, 11) is 0. The van der Waals surface area contributed by atoms with Gasteiger partial charge in [0.25, 0.3) is 0 Å². The van der Waals surface area contributed by atoms with Gasteiger partial charge in [-0.25, -0.2) is 4.98 Å². The van der Waals surface area contributed by atoms with E-state index < -0.39 is 11.9 Å². The lowest BCUT2D eigenvalue weighted by atomic mass is 10.3. The smallest absolute Gasteiger partial charge is 0.382 e. The maximum absolute atomic E-state index is 12.7. The summed E-state index contributed by atoms with van der Waals surface area (Å²) in [6, 6.07) is 0.904. The van der Waals surface area contributed by atoms with Crippen molar-refractivity contribution in [3.63, 3.8) is 0 Å². The lowest BCUT2D eigenvalue weighted by Crippen LogP contribution is -2.15. The van der Waals surface area contributed by atoms with E-state index in [9.17, 15) is 13.2 Å². The molecule has 1 heterocycles. The molecule has 0 saturated carbocycles. The summed E-state index contributed by atoms with van der Waals surface area (Å²) >= 11 is 0. The molecule has 0 radical (unpaired) electrons. The number of alkyl halides is 3. The zero-order valence-corrected chi connectivity index (χ0v) is 11.5. The first-order chi connectivity index (χ1) is 9.47. The molecule has 8 heteroatoms. The molecular weight excluding hydrogens is 273 g/mol. The molecule has 0 saturated heterocycles. The van der Waals surface area contributed by atoms with Crippen molar-refractivity contribution in [2.75, 3.05) is 36.9 Å². The van der Waals surface area contributed by atoms with Crippen LogP contribution >= 0.6 is 0 Å². The normalized spacial score (nSPS) is 11.4.